The zero-order valence-corrected chi connectivity index (χ0v) is 15.4. The molecular formula is C21H20FNO2S. The van der Waals surface area contributed by atoms with Gasteiger partial charge in [-0.1, -0.05) is 30.3 Å². The smallest absolute Gasteiger partial charge is 0.262 e. The van der Waals surface area contributed by atoms with E-state index in [-0.39, 0.29) is 24.4 Å². The monoisotopic (exact) mass is 369 g/mol. The maximum Gasteiger partial charge on any atom is 0.262 e. The maximum atomic E-state index is 14.3. The van der Waals surface area contributed by atoms with Crippen molar-refractivity contribution in [1.82, 2.24) is 5.32 Å². The Morgan fingerprint density at radius 1 is 1.27 bits per heavy atom. The topological polar surface area (TPSA) is 38.3 Å². The normalized spacial score (nSPS) is 16.5. The zero-order valence-electron chi connectivity index (χ0n) is 14.5. The summed E-state index contributed by atoms with van der Waals surface area (Å²) in [6.45, 7) is 0.213. The molecule has 0 bridgehead atoms. The minimum Gasteiger partial charge on any atom is -0.380 e. The Labute approximate surface area is 155 Å². The standard InChI is InChI=1S/C21H20FNO2S/c1-25-12-15-19-16(22)9-5-11-18(19)26-20(15)21(24)23-17-10-4-7-13-6-2-3-8-14(13)17/h2-3,5-6,8-9,11,17H,4,7,10,12H2,1H3,(H,23,24)/t17-/m0/s1. The number of hydrogen-bond acceptors (Lipinski definition) is 3. The van der Waals surface area contributed by atoms with Crippen LogP contribution < -0.4 is 5.32 Å². The SMILES string of the molecule is COCc1c(C(=O)N[C@H]2CCCc3ccccc32)sc2cccc(F)c12. The molecule has 0 saturated heterocycles. The molecule has 1 atom stereocenters. The molecule has 1 aliphatic rings. The Kier molecular flexibility index (Phi) is 4.74. The van der Waals surface area contributed by atoms with Crippen molar-refractivity contribution < 1.29 is 13.9 Å². The maximum absolute atomic E-state index is 14.3. The van der Waals surface area contributed by atoms with Crippen molar-refractivity contribution in [3.05, 3.63) is 69.8 Å². The molecule has 0 aliphatic heterocycles. The van der Waals surface area contributed by atoms with E-state index in [4.69, 9.17) is 4.74 Å². The van der Waals surface area contributed by atoms with E-state index in [0.29, 0.717) is 15.8 Å². The molecule has 1 N–H and O–H groups in total. The molecule has 1 aromatic heterocycles. The van der Waals surface area contributed by atoms with Crippen LogP contribution in [0.25, 0.3) is 10.1 Å². The quantitative estimate of drug-likeness (QED) is 0.703. The number of carbonyl (C=O) groups excluding carboxylic acids is 1. The number of aryl methyl sites for hydroxylation is 1. The van der Waals surface area contributed by atoms with E-state index in [0.717, 1.165) is 24.0 Å². The lowest BCUT2D eigenvalue weighted by atomic mass is 9.87. The third-order valence-corrected chi connectivity index (χ3v) is 6.13. The van der Waals surface area contributed by atoms with Crippen LogP contribution in [0.1, 0.15) is 45.2 Å². The van der Waals surface area contributed by atoms with Crippen LogP contribution in [0.15, 0.2) is 42.5 Å². The molecule has 0 saturated carbocycles. The van der Waals surface area contributed by atoms with Crippen molar-refractivity contribution in [2.24, 2.45) is 0 Å². The Hall–Kier alpha value is -2.24. The molecule has 0 fully saturated rings. The predicted octanol–water partition coefficient (Wildman–Crippen LogP) is 4.99. The van der Waals surface area contributed by atoms with Gasteiger partial charge in [-0.3, -0.25) is 4.79 Å². The minimum atomic E-state index is -0.312. The summed E-state index contributed by atoms with van der Waals surface area (Å²) in [4.78, 5) is 13.6. The van der Waals surface area contributed by atoms with Gasteiger partial charge in [0.25, 0.3) is 5.91 Å². The summed E-state index contributed by atoms with van der Waals surface area (Å²) in [6.07, 6.45) is 3.02. The third kappa shape index (κ3) is 3.02. The van der Waals surface area contributed by atoms with E-state index < -0.39 is 0 Å². The number of hydrogen-bond donors (Lipinski definition) is 1. The van der Waals surface area contributed by atoms with Crippen LogP contribution in [0.3, 0.4) is 0 Å². The fourth-order valence-corrected chi connectivity index (χ4v) is 4.89. The van der Waals surface area contributed by atoms with Crippen LogP contribution >= 0.6 is 11.3 Å². The Balaban J connectivity index is 1.69. The van der Waals surface area contributed by atoms with Crippen LogP contribution in [-0.2, 0) is 17.8 Å². The van der Waals surface area contributed by atoms with Crippen molar-refractivity contribution in [3.8, 4) is 0 Å². The number of thiophene rings is 1. The highest BCUT2D eigenvalue weighted by Crippen LogP contribution is 2.35. The van der Waals surface area contributed by atoms with E-state index in [2.05, 4.69) is 17.4 Å². The number of carbonyl (C=O) groups is 1. The fraction of sp³-hybridized carbons (Fsp3) is 0.286. The second-order valence-corrected chi connectivity index (χ2v) is 7.63. The Morgan fingerprint density at radius 2 is 2.12 bits per heavy atom. The summed E-state index contributed by atoms with van der Waals surface area (Å²) in [5, 5.41) is 3.66. The van der Waals surface area contributed by atoms with Crippen molar-refractivity contribution in [3.63, 3.8) is 0 Å². The van der Waals surface area contributed by atoms with E-state index in [1.54, 1.807) is 13.2 Å². The molecule has 4 rings (SSSR count). The van der Waals surface area contributed by atoms with Gasteiger partial charge in [-0.2, -0.15) is 0 Å². The van der Waals surface area contributed by atoms with Crippen LogP contribution in [-0.4, -0.2) is 13.0 Å². The highest BCUT2D eigenvalue weighted by Gasteiger charge is 2.25. The second kappa shape index (κ2) is 7.17. The summed E-state index contributed by atoms with van der Waals surface area (Å²) < 4.78 is 20.3. The van der Waals surface area contributed by atoms with Gasteiger partial charge >= 0.3 is 0 Å². The molecule has 1 amide bonds. The van der Waals surface area contributed by atoms with Crippen LogP contribution in [0, 0.1) is 5.82 Å². The van der Waals surface area contributed by atoms with E-state index in [9.17, 15) is 9.18 Å². The highest BCUT2D eigenvalue weighted by molar-refractivity contribution is 7.21. The van der Waals surface area contributed by atoms with Gasteiger partial charge in [-0.25, -0.2) is 4.39 Å². The first-order chi connectivity index (χ1) is 12.7. The number of methoxy groups -OCH3 is 1. The fourth-order valence-electron chi connectivity index (χ4n) is 3.76. The lowest BCUT2D eigenvalue weighted by Gasteiger charge is -2.26. The molecule has 3 nitrogen and oxygen atoms in total. The van der Waals surface area contributed by atoms with Gasteiger partial charge < -0.3 is 10.1 Å². The largest absolute Gasteiger partial charge is 0.380 e. The number of nitrogens with one attached hydrogen (secondary N) is 1. The third-order valence-electron chi connectivity index (χ3n) is 4.93. The highest BCUT2D eigenvalue weighted by atomic mass is 32.1. The molecule has 0 radical (unpaired) electrons. The van der Waals surface area contributed by atoms with Crippen molar-refractivity contribution in [2.75, 3.05) is 7.11 Å². The van der Waals surface area contributed by atoms with Crippen molar-refractivity contribution in [2.45, 2.75) is 31.9 Å². The number of benzene rings is 2. The number of amides is 1. The number of fused-ring (bicyclic) bond motifs is 2. The molecule has 0 unspecified atom stereocenters. The molecular weight excluding hydrogens is 349 g/mol. The van der Waals surface area contributed by atoms with Crippen LogP contribution in [0.2, 0.25) is 0 Å². The molecule has 26 heavy (non-hydrogen) atoms. The van der Waals surface area contributed by atoms with Crippen molar-refractivity contribution >= 4 is 27.3 Å². The minimum absolute atomic E-state index is 0.00194. The first-order valence-electron chi connectivity index (χ1n) is 8.76. The zero-order chi connectivity index (χ0) is 18.1. The van der Waals surface area contributed by atoms with Crippen LogP contribution in [0.4, 0.5) is 4.39 Å². The van der Waals surface area contributed by atoms with Crippen LogP contribution in [0.5, 0.6) is 0 Å². The second-order valence-electron chi connectivity index (χ2n) is 6.57. The Bertz CT molecular complexity index is 966. The van der Waals surface area contributed by atoms with E-state index in [1.807, 2.05) is 18.2 Å². The van der Waals surface area contributed by atoms with Gasteiger partial charge in [0.2, 0.25) is 0 Å². The van der Waals surface area contributed by atoms with E-state index >= 15 is 0 Å². The molecule has 1 aliphatic carbocycles. The van der Waals surface area contributed by atoms with Crippen molar-refractivity contribution in [1.29, 1.82) is 0 Å². The summed E-state index contributed by atoms with van der Waals surface area (Å²) in [6, 6.07) is 13.2. The van der Waals surface area contributed by atoms with E-state index in [1.165, 1.54) is 28.5 Å². The van der Waals surface area contributed by atoms with Gasteiger partial charge in [0, 0.05) is 22.8 Å². The molecule has 3 aromatic rings. The number of rotatable bonds is 4. The van der Waals surface area contributed by atoms with Gasteiger partial charge in [0.05, 0.1) is 17.5 Å². The van der Waals surface area contributed by atoms with Gasteiger partial charge in [0.1, 0.15) is 5.82 Å². The molecule has 0 spiro atoms. The lowest BCUT2D eigenvalue weighted by molar-refractivity contribution is 0.0932. The molecule has 1 heterocycles. The first kappa shape index (κ1) is 17.2. The van der Waals surface area contributed by atoms with Gasteiger partial charge in [-0.15, -0.1) is 11.3 Å². The Morgan fingerprint density at radius 3 is 2.96 bits per heavy atom. The summed E-state index contributed by atoms with van der Waals surface area (Å²) in [5.41, 5.74) is 3.11. The summed E-state index contributed by atoms with van der Waals surface area (Å²) in [7, 11) is 1.56. The average Bonchev–Trinajstić information content (AvgIpc) is 3.02. The summed E-state index contributed by atoms with van der Waals surface area (Å²) >= 11 is 1.32. The van der Waals surface area contributed by atoms with Gasteiger partial charge in [-0.05, 0) is 42.5 Å². The molecule has 134 valence electrons. The summed E-state index contributed by atoms with van der Waals surface area (Å²) in [5.74, 6) is -0.466. The average molecular weight is 369 g/mol. The first-order valence-corrected chi connectivity index (χ1v) is 9.58. The number of halogens is 1. The predicted molar refractivity (Wildman–Crippen MR) is 102 cm³/mol. The van der Waals surface area contributed by atoms with Gasteiger partial charge in [0.15, 0.2) is 0 Å². The molecule has 5 heteroatoms. The molecule has 2 aromatic carbocycles. The lowest BCUT2D eigenvalue weighted by Crippen LogP contribution is -2.31. The number of ether oxygens (including phenoxy) is 1.